The first-order chi connectivity index (χ1) is 8.65. The molecule has 0 aliphatic heterocycles. The maximum absolute atomic E-state index is 5.33. The molecule has 0 unspecified atom stereocenters. The molecule has 0 atom stereocenters. The van der Waals surface area contributed by atoms with Gasteiger partial charge in [0, 0.05) is 0 Å². The Morgan fingerprint density at radius 3 is 1.89 bits per heavy atom. The zero-order valence-corrected chi connectivity index (χ0v) is 11.3. The van der Waals surface area contributed by atoms with Crippen LogP contribution in [-0.4, -0.2) is 14.2 Å². The summed E-state index contributed by atoms with van der Waals surface area (Å²) in [4.78, 5) is 0. The molecule has 2 aromatic rings. The quantitative estimate of drug-likeness (QED) is 0.810. The minimum Gasteiger partial charge on any atom is -0.493 e. The molecule has 0 N–H and O–H groups in total. The number of aryl methyl sites for hydroxylation is 2. The fraction of sp³-hybridized carbons (Fsp3) is 0.250. The van der Waals surface area contributed by atoms with E-state index in [0.717, 1.165) is 17.1 Å². The van der Waals surface area contributed by atoms with Crippen molar-refractivity contribution in [1.82, 2.24) is 0 Å². The number of methoxy groups -OCH3 is 2. The highest BCUT2D eigenvalue weighted by atomic mass is 16.5. The van der Waals surface area contributed by atoms with Gasteiger partial charge in [0.2, 0.25) is 0 Å². The Kier molecular flexibility index (Phi) is 3.56. The summed E-state index contributed by atoms with van der Waals surface area (Å²) in [6, 6.07) is 12.4. The summed E-state index contributed by atoms with van der Waals surface area (Å²) in [5.74, 6) is 1.51. The Bertz CT molecular complexity index is 559. The third kappa shape index (κ3) is 2.33. The van der Waals surface area contributed by atoms with Gasteiger partial charge in [-0.3, -0.25) is 0 Å². The van der Waals surface area contributed by atoms with Crippen LogP contribution in [0.3, 0.4) is 0 Å². The molecule has 94 valence electrons. The van der Waals surface area contributed by atoms with Crippen molar-refractivity contribution in [1.29, 1.82) is 0 Å². The second-order valence-electron chi connectivity index (χ2n) is 4.37. The minimum atomic E-state index is 0.755. The van der Waals surface area contributed by atoms with Crippen LogP contribution in [0.5, 0.6) is 11.5 Å². The van der Waals surface area contributed by atoms with E-state index in [1.54, 1.807) is 14.2 Å². The fourth-order valence-electron chi connectivity index (χ4n) is 1.94. The molecule has 18 heavy (non-hydrogen) atoms. The normalized spacial score (nSPS) is 10.2. The third-order valence-electron chi connectivity index (χ3n) is 3.22. The van der Waals surface area contributed by atoms with Crippen molar-refractivity contribution in [3.05, 3.63) is 47.5 Å². The summed E-state index contributed by atoms with van der Waals surface area (Å²) in [5.41, 5.74) is 4.93. The summed E-state index contributed by atoms with van der Waals surface area (Å²) in [5, 5.41) is 0. The van der Waals surface area contributed by atoms with Gasteiger partial charge in [-0.2, -0.15) is 0 Å². The molecular formula is C16H18O2. The summed E-state index contributed by atoms with van der Waals surface area (Å²) in [6.07, 6.45) is 0. The lowest BCUT2D eigenvalue weighted by Crippen LogP contribution is -1.91. The van der Waals surface area contributed by atoms with Crippen molar-refractivity contribution >= 4 is 0 Å². The average Bonchev–Trinajstić information content (AvgIpc) is 2.41. The second-order valence-corrected chi connectivity index (χ2v) is 4.37. The lowest BCUT2D eigenvalue weighted by Gasteiger charge is -2.10. The van der Waals surface area contributed by atoms with Gasteiger partial charge in [0.15, 0.2) is 11.5 Å². The maximum Gasteiger partial charge on any atom is 0.161 e. The number of hydrogen-bond acceptors (Lipinski definition) is 2. The zero-order valence-electron chi connectivity index (χ0n) is 11.3. The molecule has 0 amide bonds. The van der Waals surface area contributed by atoms with Crippen LogP contribution in [-0.2, 0) is 0 Å². The third-order valence-corrected chi connectivity index (χ3v) is 3.22. The van der Waals surface area contributed by atoms with Gasteiger partial charge in [0.05, 0.1) is 14.2 Å². The van der Waals surface area contributed by atoms with Gasteiger partial charge in [-0.15, -0.1) is 0 Å². The van der Waals surface area contributed by atoms with E-state index >= 15 is 0 Å². The van der Waals surface area contributed by atoms with Crippen molar-refractivity contribution in [2.45, 2.75) is 13.8 Å². The van der Waals surface area contributed by atoms with Gasteiger partial charge in [0.1, 0.15) is 0 Å². The number of hydrogen-bond donors (Lipinski definition) is 0. The van der Waals surface area contributed by atoms with Crippen molar-refractivity contribution in [3.8, 4) is 22.6 Å². The molecule has 0 spiro atoms. The van der Waals surface area contributed by atoms with Gasteiger partial charge in [-0.1, -0.05) is 24.3 Å². The number of ether oxygens (including phenoxy) is 2. The second kappa shape index (κ2) is 5.13. The highest BCUT2D eigenvalue weighted by Gasteiger charge is 2.06. The van der Waals surface area contributed by atoms with E-state index < -0.39 is 0 Å². The Labute approximate surface area is 108 Å². The smallest absolute Gasteiger partial charge is 0.161 e. The van der Waals surface area contributed by atoms with Gasteiger partial charge in [-0.25, -0.2) is 0 Å². The monoisotopic (exact) mass is 242 g/mol. The molecular weight excluding hydrogens is 224 g/mol. The van der Waals surface area contributed by atoms with Crippen molar-refractivity contribution in [3.63, 3.8) is 0 Å². The lowest BCUT2D eigenvalue weighted by molar-refractivity contribution is 0.355. The molecule has 0 bridgehead atoms. The zero-order chi connectivity index (χ0) is 13.1. The summed E-state index contributed by atoms with van der Waals surface area (Å²) < 4.78 is 10.6. The molecule has 0 saturated heterocycles. The molecule has 2 rings (SSSR count). The van der Waals surface area contributed by atoms with E-state index in [9.17, 15) is 0 Å². The Morgan fingerprint density at radius 1 is 0.667 bits per heavy atom. The Balaban J connectivity index is 2.47. The molecule has 2 heteroatoms. The van der Waals surface area contributed by atoms with E-state index in [1.807, 2.05) is 18.2 Å². The average molecular weight is 242 g/mol. The van der Waals surface area contributed by atoms with Crippen molar-refractivity contribution < 1.29 is 9.47 Å². The molecule has 0 aromatic heterocycles. The first kappa shape index (κ1) is 12.5. The minimum absolute atomic E-state index is 0.755. The molecule has 0 heterocycles. The summed E-state index contributed by atoms with van der Waals surface area (Å²) in [7, 11) is 3.30. The standard InChI is InChI=1S/C16H18O2/c1-11-5-6-13(9-12(11)2)14-7-8-15(17-3)16(10-14)18-4/h5-10H,1-4H3. The van der Waals surface area contributed by atoms with E-state index in [1.165, 1.54) is 16.7 Å². The van der Waals surface area contributed by atoms with Crippen LogP contribution in [0.25, 0.3) is 11.1 Å². The highest BCUT2D eigenvalue weighted by molar-refractivity contribution is 5.68. The number of rotatable bonds is 3. The highest BCUT2D eigenvalue weighted by Crippen LogP contribution is 2.32. The van der Waals surface area contributed by atoms with Gasteiger partial charge in [0.25, 0.3) is 0 Å². The van der Waals surface area contributed by atoms with E-state index in [2.05, 4.69) is 32.0 Å². The Hall–Kier alpha value is -1.96. The first-order valence-corrected chi connectivity index (χ1v) is 5.95. The molecule has 0 saturated carbocycles. The van der Waals surface area contributed by atoms with Gasteiger partial charge < -0.3 is 9.47 Å². The van der Waals surface area contributed by atoms with E-state index in [0.29, 0.717) is 0 Å². The van der Waals surface area contributed by atoms with E-state index in [4.69, 9.17) is 9.47 Å². The molecule has 0 aliphatic rings. The topological polar surface area (TPSA) is 18.5 Å². The molecule has 0 radical (unpaired) electrons. The van der Waals surface area contributed by atoms with Gasteiger partial charge in [-0.05, 0) is 48.2 Å². The van der Waals surface area contributed by atoms with Crippen LogP contribution in [0.15, 0.2) is 36.4 Å². The number of benzene rings is 2. The SMILES string of the molecule is COc1ccc(-c2ccc(C)c(C)c2)cc1OC. The van der Waals surface area contributed by atoms with Crippen LogP contribution >= 0.6 is 0 Å². The van der Waals surface area contributed by atoms with Gasteiger partial charge >= 0.3 is 0 Å². The van der Waals surface area contributed by atoms with Crippen LogP contribution in [0.2, 0.25) is 0 Å². The van der Waals surface area contributed by atoms with Crippen molar-refractivity contribution in [2.75, 3.05) is 14.2 Å². The summed E-state index contributed by atoms with van der Waals surface area (Å²) >= 11 is 0. The largest absolute Gasteiger partial charge is 0.493 e. The lowest BCUT2D eigenvalue weighted by atomic mass is 10.0. The molecule has 2 nitrogen and oxygen atoms in total. The predicted molar refractivity (Wildman–Crippen MR) is 74.5 cm³/mol. The predicted octanol–water partition coefficient (Wildman–Crippen LogP) is 3.99. The van der Waals surface area contributed by atoms with Crippen LogP contribution in [0.4, 0.5) is 0 Å². The first-order valence-electron chi connectivity index (χ1n) is 5.95. The van der Waals surface area contributed by atoms with Crippen LogP contribution < -0.4 is 9.47 Å². The summed E-state index contributed by atoms with van der Waals surface area (Å²) in [6.45, 7) is 4.24. The molecule has 2 aromatic carbocycles. The van der Waals surface area contributed by atoms with Crippen LogP contribution in [0.1, 0.15) is 11.1 Å². The molecule has 0 aliphatic carbocycles. The maximum atomic E-state index is 5.33. The molecule has 0 fully saturated rings. The Morgan fingerprint density at radius 2 is 1.28 bits per heavy atom. The fourth-order valence-corrected chi connectivity index (χ4v) is 1.94. The van der Waals surface area contributed by atoms with Crippen molar-refractivity contribution in [2.24, 2.45) is 0 Å². The van der Waals surface area contributed by atoms with E-state index in [-0.39, 0.29) is 0 Å². The van der Waals surface area contributed by atoms with Crippen LogP contribution in [0, 0.1) is 13.8 Å².